The van der Waals surface area contributed by atoms with Gasteiger partial charge in [0.1, 0.15) is 11.6 Å². The first-order valence-electron chi connectivity index (χ1n) is 12.0. The van der Waals surface area contributed by atoms with Crippen molar-refractivity contribution in [3.05, 3.63) is 98.8 Å². The summed E-state index contributed by atoms with van der Waals surface area (Å²) in [5.41, 5.74) is 2.88. The van der Waals surface area contributed by atoms with Crippen molar-refractivity contribution < 1.29 is 23.6 Å². The molecule has 1 aliphatic heterocycles. The van der Waals surface area contributed by atoms with Crippen molar-refractivity contribution in [1.82, 2.24) is 4.90 Å². The number of hydrogen-bond donors (Lipinski definition) is 1. The number of hydrogen-bond acceptors (Lipinski definition) is 5. The molecule has 0 saturated carbocycles. The van der Waals surface area contributed by atoms with Gasteiger partial charge in [-0.3, -0.25) is 19.7 Å². The molecule has 0 bridgehead atoms. The van der Waals surface area contributed by atoms with Gasteiger partial charge in [-0.25, -0.2) is 4.39 Å². The van der Waals surface area contributed by atoms with Gasteiger partial charge in [0.25, 0.3) is 11.6 Å². The molecule has 1 heterocycles. The number of likely N-dealkylation sites (tertiary alicyclic amines) is 1. The summed E-state index contributed by atoms with van der Waals surface area (Å²) in [5.74, 6) is -0.117. The van der Waals surface area contributed by atoms with E-state index in [1.807, 2.05) is 42.2 Å². The van der Waals surface area contributed by atoms with Crippen LogP contribution in [0, 0.1) is 22.9 Å². The predicted molar refractivity (Wildman–Crippen MR) is 137 cm³/mol. The second kappa shape index (κ2) is 11.2. The molecule has 0 aromatic heterocycles. The number of nitrogens with zero attached hydrogens (tertiary/aromatic N) is 2. The third-order valence-corrected chi connectivity index (χ3v) is 6.77. The van der Waals surface area contributed by atoms with E-state index in [2.05, 4.69) is 5.32 Å². The van der Waals surface area contributed by atoms with Crippen LogP contribution in [0.4, 0.5) is 15.8 Å². The molecule has 0 atom stereocenters. The SMILES string of the molecule is COc1cccc(C(=O)N2CCC(c3ccc(NC(=O)Cc4cc(F)ccc4[N+](=O)[O-])cc3)CC2)c1C. The molecule has 8 nitrogen and oxygen atoms in total. The summed E-state index contributed by atoms with van der Waals surface area (Å²) in [5, 5.41) is 13.9. The van der Waals surface area contributed by atoms with Crippen LogP contribution in [0.2, 0.25) is 0 Å². The van der Waals surface area contributed by atoms with Gasteiger partial charge in [-0.15, -0.1) is 0 Å². The summed E-state index contributed by atoms with van der Waals surface area (Å²) in [7, 11) is 1.59. The molecule has 9 heteroatoms. The number of methoxy groups -OCH3 is 1. The van der Waals surface area contributed by atoms with Crippen LogP contribution in [0.1, 0.15) is 45.8 Å². The Kier molecular flexibility index (Phi) is 7.81. The van der Waals surface area contributed by atoms with Crippen LogP contribution in [0.3, 0.4) is 0 Å². The van der Waals surface area contributed by atoms with Crippen molar-refractivity contribution in [2.24, 2.45) is 0 Å². The average molecular weight is 506 g/mol. The molecule has 3 aromatic rings. The number of carbonyl (C=O) groups excluding carboxylic acids is 2. The summed E-state index contributed by atoms with van der Waals surface area (Å²) < 4.78 is 18.9. The normalized spacial score (nSPS) is 13.8. The zero-order valence-corrected chi connectivity index (χ0v) is 20.7. The number of rotatable bonds is 7. The van der Waals surface area contributed by atoms with E-state index in [4.69, 9.17) is 4.74 Å². The monoisotopic (exact) mass is 505 g/mol. The third kappa shape index (κ3) is 5.94. The molecule has 0 aliphatic carbocycles. The fraction of sp³-hybridized carbons (Fsp3) is 0.286. The fourth-order valence-corrected chi connectivity index (χ4v) is 4.74. The fourth-order valence-electron chi connectivity index (χ4n) is 4.74. The van der Waals surface area contributed by atoms with Crippen molar-refractivity contribution in [2.75, 3.05) is 25.5 Å². The Hall–Kier alpha value is -4.27. The second-order valence-corrected chi connectivity index (χ2v) is 9.08. The number of ether oxygens (including phenoxy) is 1. The number of amides is 2. The molecule has 1 N–H and O–H groups in total. The van der Waals surface area contributed by atoms with Gasteiger partial charge in [-0.1, -0.05) is 18.2 Å². The smallest absolute Gasteiger partial charge is 0.273 e. The van der Waals surface area contributed by atoms with E-state index < -0.39 is 16.6 Å². The van der Waals surface area contributed by atoms with Crippen molar-refractivity contribution in [3.8, 4) is 5.75 Å². The maximum Gasteiger partial charge on any atom is 0.273 e. The van der Waals surface area contributed by atoms with Crippen LogP contribution in [0.15, 0.2) is 60.7 Å². The van der Waals surface area contributed by atoms with E-state index in [1.165, 1.54) is 0 Å². The average Bonchev–Trinajstić information content (AvgIpc) is 2.89. The topological polar surface area (TPSA) is 102 Å². The number of halogens is 1. The largest absolute Gasteiger partial charge is 0.496 e. The molecule has 1 fully saturated rings. The Balaban J connectivity index is 1.34. The first kappa shape index (κ1) is 25.8. The lowest BCUT2D eigenvalue weighted by molar-refractivity contribution is -0.385. The molecule has 192 valence electrons. The Morgan fingerprint density at radius 1 is 1.11 bits per heavy atom. The molecule has 0 unspecified atom stereocenters. The van der Waals surface area contributed by atoms with Crippen LogP contribution < -0.4 is 10.1 Å². The molecule has 1 aliphatic rings. The Labute approximate surface area is 214 Å². The van der Waals surface area contributed by atoms with Gasteiger partial charge in [-0.05, 0) is 67.6 Å². The van der Waals surface area contributed by atoms with E-state index in [0.29, 0.717) is 30.1 Å². The van der Waals surface area contributed by atoms with Crippen LogP contribution in [0.25, 0.3) is 0 Å². The zero-order chi connectivity index (χ0) is 26.5. The van der Waals surface area contributed by atoms with Crippen LogP contribution >= 0.6 is 0 Å². The zero-order valence-electron chi connectivity index (χ0n) is 20.7. The molecule has 4 rings (SSSR count). The van der Waals surface area contributed by atoms with Gasteiger partial charge in [0.15, 0.2) is 0 Å². The molecule has 1 saturated heterocycles. The standard InChI is InChI=1S/C28H28FN3O5/c1-18-24(4-3-5-26(18)37-2)28(34)31-14-12-20(13-15-31)19-6-9-23(10-7-19)30-27(33)17-21-16-22(29)8-11-25(21)32(35)36/h3-11,16,20H,12-15,17H2,1-2H3,(H,30,33). The minimum absolute atomic E-state index is 0.00597. The minimum Gasteiger partial charge on any atom is -0.496 e. The summed E-state index contributed by atoms with van der Waals surface area (Å²) >= 11 is 0. The Morgan fingerprint density at radius 2 is 1.81 bits per heavy atom. The lowest BCUT2D eigenvalue weighted by atomic mass is 9.89. The predicted octanol–water partition coefficient (Wildman–Crippen LogP) is 5.25. The maximum absolute atomic E-state index is 13.5. The van der Waals surface area contributed by atoms with Crippen molar-refractivity contribution in [2.45, 2.75) is 32.1 Å². The second-order valence-electron chi connectivity index (χ2n) is 9.08. The Bertz CT molecular complexity index is 1320. The van der Waals surface area contributed by atoms with Gasteiger partial charge in [-0.2, -0.15) is 0 Å². The molecular formula is C28H28FN3O5. The summed E-state index contributed by atoms with van der Waals surface area (Å²) in [6.07, 6.45) is 1.34. The van der Waals surface area contributed by atoms with Crippen LogP contribution in [-0.4, -0.2) is 41.8 Å². The highest BCUT2D eigenvalue weighted by Crippen LogP contribution is 2.31. The van der Waals surface area contributed by atoms with Gasteiger partial charge >= 0.3 is 0 Å². The quantitative estimate of drug-likeness (QED) is 0.349. The molecule has 2 amide bonds. The molecule has 0 radical (unpaired) electrons. The van der Waals surface area contributed by atoms with Gasteiger partial charge in [0.05, 0.1) is 18.5 Å². The Morgan fingerprint density at radius 3 is 2.46 bits per heavy atom. The third-order valence-electron chi connectivity index (χ3n) is 6.77. The van der Waals surface area contributed by atoms with E-state index in [9.17, 15) is 24.1 Å². The highest BCUT2D eigenvalue weighted by molar-refractivity contribution is 5.96. The van der Waals surface area contributed by atoms with Crippen LogP contribution in [-0.2, 0) is 11.2 Å². The van der Waals surface area contributed by atoms with Crippen molar-refractivity contribution >= 4 is 23.2 Å². The summed E-state index contributed by atoms with van der Waals surface area (Å²) in [6, 6.07) is 16.0. The van der Waals surface area contributed by atoms with E-state index in [-0.39, 0.29) is 29.5 Å². The van der Waals surface area contributed by atoms with Crippen molar-refractivity contribution in [1.29, 1.82) is 0 Å². The van der Waals surface area contributed by atoms with E-state index in [0.717, 1.165) is 42.2 Å². The summed E-state index contributed by atoms with van der Waals surface area (Å²) in [6.45, 7) is 3.18. The lowest BCUT2D eigenvalue weighted by Gasteiger charge is -2.32. The number of nitro groups is 1. The number of piperidine rings is 1. The number of anilines is 1. The maximum atomic E-state index is 13.5. The van der Waals surface area contributed by atoms with E-state index in [1.54, 1.807) is 19.2 Å². The number of benzene rings is 3. The van der Waals surface area contributed by atoms with Crippen LogP contribution in [0.5, 0.6) is 5.75 Å². The highest BCUT2D eigenvalue weighted by Gasteiger charge is 2.26. The van der Waals surface area contributed by atoms with Gasteiger partial charge in [0.2, 0.25) is 5.91 Å². The first-order chi connectivity index (χ1) is 17.8. The highest BCUT2D eigenvalue weighted by atomic mass is 19.1. The van der Waals surface area contributed by atoms with Crippen molar-refractivity contribution in [3.63, 3.8) is 0 Å². The first-order valence-corrected chi connectivity index (χ1v) is 12.0. The molecular weight excluding hydrogens is 477 g/mol. The summed E-state index contributed by atoms with van der Waals surface area (Å²) in [4.78, 5) is 37.9. The van der Waals surface area contributed by atoms with Gasteiger partial charge in [0, 0.05) is 41.5 Å². The lowest BCUT2D eigenvalue weighted by Crippen LogP contribution is -2.38. The van der Waals surface area contributed by atoms with Gasteiger partial charge < -0.3 is 15.0 Å². The molecule has 37 heavy (non-hydrogen) atoms. The minimum atomic E-state index is -0.635. The number of nitrogens with one attached hydrogen (secondary N) is 1. The van der Waals surface area contributed by atoms with E-state index >= 15 is 0 Å². The number of carbonyl (C=O) groups is 2. The molecule has 0 spiro atoms. The number of nitro benzene ring substituents is 1. The molecule has 3 aromatic carbocycles.